The highest BCUT2D eigenvalue weighted by molar-refractivity contribution is 5.72. The van der Waals surface area contributed by atoms with E-state index in [1.54, 1.807) is 0 Å². The molecule has 0 saturated carbocycles. The zero-order chi connectivity index (χ0) is 24.1. The minimum Gasteiger partial charge on any atom is -0.298 e. The molecule has 0 amide bonds. The van der Waals surface area contributed by atoms with Gasteiger partial charge in [-0.25, -0.2) is 0 Å². The maximum atomic E-state index is 11.3. The van der Waals surface area contributed by atoms with Crippen LogP contribution in [0.25, 0.3) is 0 Å². The molecule has 33 heavy (non-hydrogen) atoms. The number of unbranched alkanes of at least 4 members (excludes halogenated alkanes) is 18. The SMILES string of the molecule is CCCCCC=CCC=CCCCCCC(C=O)=CCCCCCCCCCCCCCC. The molecule has 192 valence electrons. The smallest absolute Gasteiger partial charge is 0.145 e. The summed E-state index contributed by atoms with van der Waals surface area (Å²) >= 11 is 0. The van der Waals surface area contributed by atoms with Crippen LogP contribution in [0.15, 0.2) is 36.0 Å². The van der Waals surface area contributed by atoms with E-state index in [9.17, 15) is 4.79 Å². The summed E-state index contributed by atoms with van der Waals surface area (Å²) in [6, 6.07) is 0. The Labute approximate surface area is 208 Å². The molecule has 0 heterocycles. The molecule has 0 aliphatic heterocycles. The van der Waals surface area contributed by atoms with Crippen LogP contribution in [0.1, 0.15) is 162 Å². The molecule has 0 aromatic rings. The molecule has 1 heteroatoms. The zero-order valence-electron chi connectivity index (χ0n) is 22.6. The van der Waals surface area contributed by atoms with E-state index in [4.69, 9.17) is 0 Å². The fourth-order valence-electron chi connectivity index (χ4n) is 4.27. The van der Waals surface area contributed by atoms with Crippen molar-refractivity contribution >= 4 is 6.29 Å². The predicted molar refractivity (Wildman–Crippen MR) is 150 cm³/mol. The van der Waals surface area contributed by atoms with Crippen LogP contribution >= 0.6 is 0 Å². The molecule has 0 aromatic carbocycles. The molecule has 0 radical (unpaired) electrons. The van der Waals surface area contributed by atoms with Gasteiger partial charge in [0.2, 0.25) is 0 Å². The number of hydrogen-bond donors (Lipinski definition) is 0. The molecular weight excluding hydrogens is 400 g/mol. The second-order valence-corrected chi connectivity index (χ2v) is 9.85. The molecule has 0 aliphatic carbocycles. The summed E-state index contributed by atoms with van der Waals surface area (Å²) in [4.78, 5) is 11.3. The Balaban J connectivity index is 3.48. The fourth-order valence-corrected chi connectivity index (χ4v) is 4.27. The third-order valence-corrected chi connectivity index (χ3v) is 6.53. The lowest BCUT2D eigenvalue weighted by atomic mass is 10.0. The van der Waals surface area contributed by atoms with Gasteiger partial charge in [0, 0.05) is 0 Å². The van der Waals surface area contributed by atoms with Gasteiger partial charge in [-0.05, 0) is 63.4 Å². The molecule has 0 aromatic heterocycles. The molecule has 0 N–H and O–H groups in total. The number of aldehydes is 1. The topological polar surface area (TPSA) is 17.1 Å². The predicted octanol–water partition coefficient (Wildman–Crippen LogP) is 11.2. The van der Waals surface area contributed by atoms with Gasteiger partial charge >= 0.3 is 0 Å². The highest BCUT2D eigenvalue weighted by Gasteiger charge is 1.97. The second kappa shape index (κ2) is 28.9. The summed E-state index contributed by atoms with van der Waals surface area (Å²) in [5.41, 5.74) is 1.03. The molecule has 0 fully saturated rings. The average molecular weight is 459 g/mol. The van der Waals surface area contributed by atoms with Crippen molar-refractivity contribution in [3.05, 3.63) is 36.0 Å². The Hall–Kier alpha value is -1.11. The van der Waals surface area contributed by atoms with Crippen molar-refractivity contribution in [1.29, 1.82) is 0 Å². The molecule has 0 atom stereocenters. The van der Waals surface area contributed by atoms with Crippen LogP contribution in [0.2, 0.25) is 0 Å². The number of allylic oxidation sites excluding steroid dienone is 6. The average Bonchev–Trinajstić information content (AvgIpc) is 2.83. The zero-order valence-corrected chi connectivity index (χ0v) is 22.6. The lowest BCUT2D eigenvalue weighted by molar-refractivity contribution is -0.105. The highest BCUT2D eigenvalue weighted by atomic mass is 16.1. The minimum atomic E-state index is 0.964. The van der Waals surface area contributed by atoms with Crippen molar-refractivity contribution in [2.24, 2.45) is 0 Å². The molecule has 0 bridgehead atoms. The number of rotatable bonds is 26. The number of carbonyl (C=O) groups is 1. The highest BCUT2D eigenvalue weighted by Crippen LogP contribution is 2.14. The first-order valence-electron chi connectivity index (χ1n) is 14.8. The van der Waals surface area contributed by atoms with Crippen molar-refractivity contribution in [1.82, 2.24) is 0 Å². The van der Waals surface area contributed by atoms with Gasteiger partial charge < -0.3 is 0 Å². The van der Waals surface area contributed by atoms with Crippen LogP contribution in [0.5, 0.6) is 0 Å². The van der Waals surface area contributed by atoms with Gasteiger partial charge in [-0.1, -0.05) is 134 Å². The normalized spacial score (nSPS) is 12.4. The summed E-state index contributed by atoms with van der Waals surface area (Å²) in [6.07, 6.45) is 42.3. The van der Waals surface area contributed by atoms with E-state index >= 15 is 0 Å². The number of carbonyl (C=O) groups excluding carboxylic acids is 1. The Morgan fingerprint density at radius 1 is 0.485 bits per heavy atom. The van der Waals surface area contributed by atoms with Crippen molar-refractivity contribution in [2.75, 3.05) is 0 Å². The van der Waals surface area contributed by atoms with Gasteiger partial charge in [0.25, 0.3) is 0 Å². The summed E-state index contributed by atoms with van der Waals surface area (Å²) < 4.78 is 0. The molecule has 0 aliphatic rings. The molecule has 1 nitrogen and oxygen atoms in total. The largest absolute Gasteiger partial charge is 0.298 e. The third-order valence-electron chi connectivity index (χ3n) is 6.53. The lowest BCUT2D eigenvalue weighted by Crippen LogP contribution is -1.87. The minimum absolute atomic E-state index is 0.964. The Kier molecular flexibility index (Phi) is 27.9. The molecule has 0 saturated heterocycles. The first-order valence-corrected chi connectivity index (χ1v) is 14.8. The van der Waals surface area contributed by atoms with Gasteiger partial charge in [0.1, 0.15) is 6.29 Å². The summed E-state index contributed by atoms with van der Waals surface area (Å²) in [5.74, 6) is 0. The van der Waals surface area contributed by atoms with Crippen LogP contribution in [0.4, 0.5) is 0 Å². The van der Waals surface area contributed by atoms with Gasteiger partial charge in [-0.2, -0.15) is 0 Å². The fraction of sp³-hybridized carbons (Fsp3) is 0.781. The van der Waals surface area contributed by atoms with E-state index < -0.39 is 0 Å². The van der Waals surface area contributed by atoms with E-state index in [0.29, 0.717) is 0 Å². The molecule has 0 unspecified atom stereocenters. The van der Waals surface area contributed by atoms with Crippen molar-refractivity contribution in [3.63, 3.8) is 0 Å². The Bertz CT molecular complexity index is 471. The maximum absolute atomic E-state index is 11.3. The Morgan fingerprint density at radius 3 is 1.45 bits per heavy atom. The molecule has 0 spiro atoms. The number of hydrogen-bond acceptors (Lipinski definition) is 1. The first-order chi connectivity index (χ1) is 16.3. The quantitative estimate of drug-likeness (QED) is 0.0545. The third kappa shape index (κ3) is 27.0. The van der Waals surface area contributed by atoms with Crippen LogP contribution in [0, 0.1) is 0 Å². The van der Waals surface area contributed by atoms with Crippen molar-refractivity contribution in [3.8, 4) is 0 Å². The van der Waals surface area contributed by atoms with Crippen LogP contribution in [-0.4, -0.2) is 6.29 Å². The summed E-state index contributed by atoms with van der Waals surface area (Å²) in [5, 5.41) is 0. The van der Waals surface area contributed by atoms with E-state index in [1.165, 1.54) is 122 Å². The Morgan fingerprint density at radius 2 is 0.909 bits per heavy atom. The monoisotopic (exact) mass is 458 g/mol. The van der Waals surface area contributed by atoms with E-state index in [2.05, 4.69) is 44.2 Å². The van der Waals surface area contributed by atoms with Crippen LogP contribution in [-0.2, 0) is 4.79 Å². The van der Waals surface area contributed by atoms with Gasteiger partial charge in [-0.3, -0.25) is 4.79 Å². The molecular formula is C32H58O. The van der Waals surface area contributed by atoms with Crippen LogP contribution < -0.4 is 0 Å². The van der Waals surface area contributed by atoms with Crippen molar-refractivity contribution < 1.29 is 4.79 Å². The first kappa shape index (κ1) is 31.9. The van der Waals surface area contributed by atoms with Gasteiger partial charge in [0.15, 0.2) is 0 Å². The summed E-state index contributed by atoms with van der Waals surface area (Å²) in [7, 11) is 0. The molecule has 0 rings (SSSR count). The van der Waals surface area contributed by atoms with Gasteiger partial charge in [0.05, 0.1) is 0 Å². The van der Waals surface area contributed by atoms with E-state index in [-0.39, 0.29) is 0 Å². The standard InChI is InChI=1S/C32H58O/c1-3-5-7-9-11-13-15-17-19-21-23-25-27-29-32(31-33)30-28-26-24-22-20-18-16-14-12-10-8-6-4-2/h11,13,17,19,30-31H,3-10,12,14-16,18,20-29H2,1-2H3. The maximum Gasteiger partial charge on any atom is 0.145 e. The van der Waals surface area contributed by atoms with Gasteiger partial charge in [-0.15, -0.1) is 0 Å². The van der Waals surface area contributed by atoms with E-state index in [1.807, 2.05) is 0 Å². The lowest BCUT2D eigenvalue weighted by Gasteiger charge is -2.03. The van der Waals surface area contributed by atoms with Crippen molar-refractivity contribution in [2.45, 2.75) is 162 Å². The summed E-state index contributed by atoms with van der Waals surface area (Å²) in [6.45, 7) is 4.54. The van der Waals surface area contributed by atoms with E-state index in [0.717, 1.165) is 37.5 Å². The second-order valence-electron chi connectivity index (χ2n) is 9.85. The van der Waals surface area contributed by atoms with Crippen LogP contribution in [0.3, 0.4) is 0 Å².